The molecule has 1 aromatic carbocycles. The Kier molecular flexibility index (Phi) is 14.5. The molecule has 2 heterocycles. The number of benzene rings is 1. The molecule has 2 aliphatic heterocycles. The first-order valence-corrected chi connectivity index (χ1v) is 15.5. The van der Waals surface area contributed by atoms with Gasteiger partial charge in [0.2, 0.25) is 11.8 Å². The number of aliphatic imine (C=N–C) groups is 1. The largest absolute Gasteiger partial charge is 0.476 e. The van der Waals surface area contributed by atoms with Gasteiger partial charge in [0.15, 0.2) is 0 Å². The van der Waals surface area contributed by atoms with Crippen molar-refractivity contribution in [3.63, 3.8) is 0 Å². The van der Waals surface area contributed by atoms with E-state index in [9.17, 15) is 4.79 Å². The number of unbranched alkanes of at least 4 members (excludes halogenated alkanes) is 14. The number of hydrogen-bond acceptors (Lipinski definition) is 3. The van der Waals surface area contributed by atoms with Gasteiger partial charge in [-0.05, 0) is 37.0 Å². The van der Waals surface area contributed by atoms with Gasteiger partial charge in [0.1, 0.15) is 6.61 Å². The molecule has 0 N–H and O–H groups in total. The minimum absolute atomic E-state index is 0.357. The minimum Gasteiger partial charge on any atom is -0.476 e. The van der Waals surface area contributed by atoms with Crippen molar-refractivity contribution in [3.8, 4) is 0 Å². The summed E-state index contributed by atoms with van der Waals surface area (Å²) in [6.45, 7) is 5.47. The van der Waals surface area contributed by atoms with Gasteiger partial charge in [0, 0.05) is 25.1 Å². The van der Waals surface area contributed by atoms with Crippen LogP contribution in [0.25, 0.3) is 6.08 Å². The van der Waals surface area contributed by atoms with Crippen molar-refractivity contribution >= 4 is 17.9 Å². The highest BCUT2D eigenvalue weighted by molar-refractivity contribution is 5.95. The Labute approximate surface area is 227 Å². The smallest absolute Gasteiger partial charge is 0.222 e. The lowest BCUT2D eigenvalue weighted by atomic mass is 9.99. The molecule has 3 rings (SSSR count). The number of likely N-dealkylation sites (tertiary alicyclic amines) is 1. The van der Waals surface area contributed by atoms with E-state index in [2.05, 4.69) is 47.2 Å². The summed E-state index contributed by atoms with van der Waals surface area (Å²) in [4.78, 5) is 19.1. The molecule has 0 aliphatic carbocycles. The van der Waals surface area contributed by atoms with Gasteiger partial charge in [-0.2, -0.15) is 0 Å². The Morgan fingerprint density at radius 2 is 1.35 bits per heavy atom. The van der Waals surface area contributed by atoms with Crippen LogP contribution < -0.4 is 0 Å². The average molecular weight is 509 g/mol. The molecule has 1 aromatic rings. The van der Waals surface area contributed by atoms with Crippen LogP contribution in [-0.2, 0) is 9.53 Å². The van der Waals surface area contributed by atoms with Crippen LogP contribution in [0.5, 0.6) is 0 Å². The molecule has 206 valence electrons. The second kappa shape index (κ2) is 18.2. The summed E-state index contributed by atoms with van der Waals surface area (Å²) in [6.07, 6.45) is 25.4. The fourth-order valence-electron chi connectivity index (χ4n) is 5.46. The zero-order chi connectivity index (χ0) is 26.0. The average Bonchev–Trinajstić information content (AvgIpc) is 3.47. The minimum atomic E-state index is 0.357. The maximum atomic E-state index is 12.6. The first kappa shape index (κ1) is 29.5. The quantitative estimate of drug-likeness (QED) is 0.186. The predicted molar refractivity (Wildman–Crippen MR) is 157 cm³/mol. The zero-order valence-electron chi connectivity index (χ0n) is 23.7. The van der Waals surface area contributed by atoms with E-state index >= 15 is 0 Å². The Morgan fingerprint density at radius 3 is 1.86 bits per heavy atom. The Balaban J connectivity index is 1.16. The van der Waals surface area contributed by atoms with Crippen molar-refractivity contribution in [2.24, 2.45) is 4.99 Å². The normalized spacial score (nSPS) is 15.5. The van der Waals surface area contributed by atoms with Crippen LogP contribution in [0.1, 0.15) is 134 Å². The molecule has 0 bridgehead atoms. The van der Waals surface area contributed by atoms with Gasteiger partial charge in [-0.1, -0.05) is 121 Å². The molecule has 1 amide bonds. The molecule has 1 saturated heterocycles. The maximum absolute atomic E-state index is 12.6. The third kappa shape index (κ3) is 11.9. The number of carbonyl (C=O) groups excluding carboxylic acids is 1. The second-order valence-electron chi connectivity index (χ2n) is 11.0. The molecular weight excluding hydrogens is 456 g/mol. The molecule has 0 saturated carbocycles. The summed E-state index contributed by atoms with van der Waals surface area (Å²) in [5.74, 6) is 1.12. The van der Waals surface area contributed by atoms with Gasteiger partial charge >= 0.3 is 0 Å². The van der Waals surface area contributed by atoms with Crippen molar-refractivity contribution in [2.45, 2.75) is 122 Å². The fourth-order valence-corrected chi connectivity index (χ4v) is 5.46. The van der Waals surface area contributed by atoms with Crippen LogP contribution in [0.3, 0.4) is 0 Å². The van der Waals surface area contributed by atoms with Crippen LogP contribution in [0.15, 0.2) is 34.8 Å². The zero-order valence-corrected chi connectivity index (χ0v) is 23.7. The lowest BCUT2D eigenvalue weighted by Crippen LogP contribution is -2.36. The van der Waals surface area contributed by atoms with Crippen molar-refractivity contribution in [2.75, 3.05) is 26.2 Å². The van der Waals surface area contributed by atoms with E-state index in [1.165, 1.54) is 101 Å². The Morgan fingerprint density at radius 1 is 0.811 bits per heavy atom. The molecular formula is C33H52N2O2. The molecule has 37 heavy (non-hydrogen) atoms. The summed E-state index contributed by atoms with van der Waals surface area (Å²) >= 11 is 0. The predicted octanol–water partition coefficient (Wildman–Crippen LogP) is 8.73. The standard InChI is InChI=1S/C33H52N2O2/c1-2-3-4-5-6-7-8-9-10-11-12-13-14-15-16-17-32(36)35-25-22-30(23-26-35)28-29-18-20-31(21-19-29)33-34-24-27-37-33/h18-21,28H,2-17,22-27H2,1H3. The van der Waals surface area contributed by atoms with Gasteiger partial charge in [-0.25, -0.2) is 4.99 Å². The third-order valence-corrected chi connectivity index (χ3v) is 7.87. The topological polar surface area (TPSA) is 41.9 Å². The van der Waals surface area contributed by atoms with Crippen molar-refractivity contribution in [3.05, 3.63) is 41.0 Å². The maximum Gasteiger partial charge on any atom is 0.222 e. The Bertz CT molecular complexity index is 817. The number of rotatable bonds is 18. The number of piperidine rings is 1. The molecule has 4 nitrogen and oxygen atoms in total. The number of hydrogen-bond donors (Lipinski definition) is 0. The van der Waals surface area contributed by atoms with Gasteiger partial charge in [0.05, 0.1) is 6.54 Å². The van der Waals surface area contributed by atoms with Gasteiger partial charge in [-0.3, -0.25) is 4.79 Å². The summed E-state index contributed by atoms with van der Waals surface area (Å²) < 4.78 is 5.54. The molecule has 0 radical (unpaired) electrons. The Hall–Kier alpha value is -2.10. The van der Waals surface area contributed by atoms with E-state index in [4.69, 9.17) is 4.74 Å². The van der Waals surface area contributed by atoms with Crippen LogP contribution in [0.4, 0.5) is 0 Å². The van der Waals surface area contributed by atoms with Gasteiger partial charge in [-0.15, -0.1) is 0 Å². The van der Waals surface area contributed by atoms with Crippen LogP contribution in [0.2, 0.25) is 0 Å². The van der Waals surface area contributed by atoms with Crippen LogP contribution in [-0.4, -0.2) is 42.9 Å². The first-order valence-electron chi connectivity index (χ1n) is 15.5. The van der Waals surface area contributed by atoms with E-state index in [0.29, 0.717) is 12.5 Å². The van der Waals surface area contributed by atoms with Crippen molar-refractivity contribution in [1.29, 1.82) is 0 Å². The van der Waals surface area contributed by atoms with Crippen LogP contribution in [0, 0.1) is 0 Å². The second-order valence-corrected chi connectivity index (χ2v) is 11.0. The highest BCUT2D eigenvalue weighted by Crippen LogP contribution is 2.21. The molecule has 1 fully saturated rings. The third-order valence-electron chi connectivity index (χ3n) is 7.87. The highest BCUT2D eigenvalue weighted by Gasteiger charge is 2.18. The van der Waals surface area contributed by atoms with E-state index in [0.717, 1.165) is 56.8 Å². The summed E-state index contributed by atoms with van der Waals surface area (Å²) in [6, 6.07) is 8.46. The first-order chi connectivity index (χ1) is 18.3. The number of carbonyl (C=O) groups is 1. The molecule has 4 heteroatoms. The summed E-state index contributed by atoms with van der Waals surface area (Å²) in [5, 5.41) is 0. The van der Waals surface area contributed by atoms with Gasteiger partial charge in [0.25, 0.3) is 0 Å². The monoisotopic (exact) mass is 508 g/mol. The number of ether oxygens (including phenoxy) is 1. The van der Waals surface area contributed by atoms with E-state index in [-0.39, 0.29) is 0 Å². The van der Waals surface area contributed by atoms with E-state index in [1.54, 1.807) is 0 Å². The lowest BCUT2D eigenvalue weighted by molar-refractivity contribution is -0.131. The summed E-state index contributed by atoms with van der Waals surface area (Å²) in [7, 11) is 0. The molecule has 2 aliphatic rings. The van der Waals surface area contributed by atoms with Crippen LogP contribution >= 0.6 is 0 Å². The molecule has 0 unspecified atom stereocenters. The highest BCUT2D eigenvalue weighted by atomic mass is 16.5. The van der Waals surface area contributed by atoms with Crippen molar-refractivity contribution in [1.82, 2.24) is 4.90 Å². The van der Waals surface area contributed by atoms with Crippen molar-refractivity contribution < 1.29 is 9.53 Å². The van der Waals surface area contributed by atoms with Gasteiger partial charge < -0.3 is 9.64 Å². The number of amides is 1. The molecule has 0 aromatic heterocycles. The summed E-state index contributed by atoms with van der Waals surface area (Å²) in [5.41, 5.74) is 3.71. The van der Waals surface area contributed by atoms with E-state index in [1.807, 2.05) is 0 Å². The SMILES string of the molecule is CCCCCCCCCCCCCCCCCC(=O)N1CCC(=Cc2ccc(C3=NCCO3)cc2)CC1. The molecule has 0 atom stereocenters. The number of nitrogens with zero attached hydrogens (tertiary/aromatic N) is 2. The molecule has 0 spiro atoms. The fraction of sp³-hybridized carbons (Fsp3) is 0.697. The lowest BCUT2D eigenvalue weighted by Gasteiger charge is -2.28. The van der Waals surface area contributed by atoms with E-state index < -0.39 is 0 Å².